The number of thiazole rings is 1. The van der Waals surface area contributed by atoms with Gasteiger partial charge in [0.2, 0.25) is 0 Å². The number of hydrogen-bond donors (Lipinski definition) is 4. The normalized spacial score (nSPS) is 17.1. The van der Waals surface area contributed by atoms with E-state index in [9.17, 15) is 9.90 Å². The van der Waals surface area contributed by atoms with Gasteiger partial charge in [0.1, 0.15) is 0 Å². The van der Waals surface area contributed by atoms with Gasteiger partial charge in [0.15, 0.2) is 21.9 Å². The number of nitrogens with one attached hydrogen (secondary N) is 2. The molecule has 138 valence electrons. The number of benzene rings is 1. The van der Waals surface area contributed by atoms with Crippen LogP contribution < -0.4 is 10.6 Å². The van der Waals surface area contributed by atoms with Crippen LogP contribution >= 0.6 is 22.2 Å². The van der Waals surface area contributed by atoms with Gasteiger partial charge in [-0.25, -0.2) is 14.8 Å². The third-order valence-corrected chi connectivity index (χ3v) is 6.60. The van der Waals surface area contributed by atoms with E-state index in [0.717, 1.165) is 26.5 Å². The Morgan fingerprint density at radius 2 is 1.81 bits per heavy atom. The summed E-state index contributed by atoms with van der Waals surface area (Å²) >= 11 is 1.54. The van der Waals surface area contributed by atoms with Crippen LogP contribution in [0.4, 0.5) is 21.6 Å². The largest absolute Gasteiger partial charge is 0.474 e. The van der Waals surface area contributed by atoms with Crippen molar-refractivity contribution < 1.29 is 9.90 Å². The molecule has 10 heteroatoms. The second-order valence-corrected chi connectivity index (χ2v) is 8.66. The molecule has 3 heterocycles. The number of aromatic nitrogens is 3. The molecule has 4 rings (SSSR count). The zero-order valence-corrected chi connectivity index (χ0v) is 16.2. The van der Waals surface area contributed by atoms with Crippen molar-refractivity contribution in [3.8, 4) is 0 Å². The lowest BCUT2D eigenvalue weighted by molar-refractivity contribution is 0.222. The first-order valence-corrected chi connectivity index (χ1v) is 10.3. The van der Waals surface area contributed by atoms with Gasteiger partial charge >= 0.3 is 5.30 Å². The topological polar surface area (TPSA) is 112 Å². The third kappa shape index (κ3) is 3.36. The van der Waals surface area contributed by atoms with E-state index < -0.39 is 16.2 Å². The molecule has 8 nitrogen and oxygen atoms in total. The molecule has 1 aliphatic heterocycles. The molecule has 0 saturated heterocycles. The quantitative estimate of drug-likeness (QED) is 0.483. The SMILES string of the molecule is Cc1c(NC2=NC=C[SH]2C(=O)O)nnc(Nc2nc3ccccc3s2)c1C. The molecule has 27 heavy (non-hydrogen) atoms. The summed E-state index contributed by atoms with van der Waals surface area (Å²) in [4.78, 5) is 19.9. The summed E-state index contributed by atoms with van der Waals surface area (Å²) in [6, 6.07) is 7.91. The van der Waals surface area contributed by atoms with Gasteiger partial charge in [-0.05, 0) is 31.4 Å². The van der Waals surface area contributed by atoms with Crippen LogP contribution in [0.15, 0.2) is 40.9 Å². The van der Waals surface area contributed by atoms with Crippen molar-refractivity contribution in [2.45, 2.75) is 13.8 Å². The fourth-order valence-corrected chi connectivity index (χ4v) is 4.46. The van der Waals surface area contributed by atoms with Gasteiger partial charge in [-0.2, -0.15) is 0 Å². The minimum Gasteiger partial charge on any atom is -0.474 e. The molecule has 0 aliphatic carbocycles. The van der Waals surface area contributed by atoms with E-state index >= 15 is 0 Å². The van der Waals surface area contributed by atoms with Gasteiger partial charge in [0, 0.05) is 17.3 Å². The molecule has 0 bridgehead atoms. The molecule has 1 unspecified atom stereocenters. The average Bonchev–Trinajstić information content (AvgIpc) is 3.27. The zero-order chi connectivity index (χ0) is 19.0. The van der Waals surface area contributed by atoms with Crippen LogP contribution in [0.25, 0.3) is 10.2 Å². The molecule has 1 aromatic carbocycles. The third-order valence-electron chi connectivity index (χ3n) is 4.12. The van der Waals surface area contributed by atoms with Crippen LogP contribution in [0.5, 0.6) is 0 Å². The monoisotopic (exact) mass is 400 g/mol. The van der Waals surface area contributed by atoms with Crippen LogP contribution in [0, 0.1) is 13.8 Å². The molecule has 3 N–H and O–H groups in total. The maximum Gasteiger partial charge on any atom is 0.354 e. The van der Waals surface area contributed by atoms with E-state index in [1.54, 1.807) is 16.7 Å². The van der Waals surface area contributed by atoms with Crippen molar-refractivity contribution in [3.63, 3.8) is 0 Å². The molecule has 1 aliphatic rings. The van der Waals surface area contributed by atoms with Crippen LogP contribution in [0.2, 0.25) is 0 Å². The van der Waals surface area contributed by atoms with Gasteiger partial charge in [-0.15, -0.1) is 10.2 Å². The van der Waals surface area contributed by atoms with Crippen LogP contribution in [-0.4, -0.2) is 30.8 Å². The number of hydrogen-bond acceptors (Lipinski definition) is 8. The Hall–Kier alpha value is -2.98. The highest BCUT2D eigenvalue weighted by molar-refractivity contribution is 8.43. The van der Waals surface area contributed by atoms with E-state index in [0.29, 0.717) is 16.8 Å². The van der Waals surface area contributed by atoms with Crippen molar-refractivity contribution in [2.24, 2.45) is 4.99 Å². The number of anilines is 3. The number of rotatable bonds is 3. The van der Waals surface area contributed by atoms with E-state index in [4.69, 9.17) is 0 Å². The van der Waals surface area contributed by atoms with Gasteiger partial charge in [0.05, 0.1) is 10.2 Å². The van der Waals surface area contributed by atoms with Crippen molar-refractivity contribution in [1.29, 1.82) is 0 Å². The lowest BCUT2D eigenvalue weighted by Gasteiger charge is -2.15. The first-order valence-electron chi connectivity index (χ1n) is 8.03. The number of fused-ring (bicyclic) bond motifs is 1. The number of amidine groups is 1. The Kier molecular flexibility index (Phi) is 4.50. The predicted molar refractivity (Wildman–Crippen MR) is 112 cm³/mol. The van der Waals surface area contributed by atoms with E-state index in [2.05, 4.69) is 30.8 Å². The molecule has 0 amide bonds. The van der Waals surface area contributed by atoms with Crippen molar-refractivity contribution in [1.82, 2.24) is 15.2 Å². The number of aliphatic imine (C=N–C) groups is 1. The summed E-state index contributed by atoms with van der Waals surface area (Å²) in [5.74, 6) is 1.11. The molecule has 2 aromatic heterocycles. The molecule has 0 radical (unpaired) electrons. The Labute approximate surface area is 161 Å². The summed E-state index contributed by atoms with van der Waals surface area (Å²) in [7, 11) is -1.49. The van der Waals surface area contributed by atoms with Crippen molar-refractivity contribution in [2.75, 3.05) is 10.6 Å². The molecular weight excluding hydrogens is 384 g/mol. The fraction of sp³-hybridized carbons (Fsp3) is 0.118. The highest BCUT2D eigenvalue weighted by Crippen LogP contribution is 2.35. The standard InChI is InChI=1S/C17H16N6O2S2/c1-9-10(2)14(21-16-18-7-8-27(16)17(24)25)23-22-13(9)20-15-19-11-5-3-4-6-12(11)26-15/h3-8,27H,1-2H3,(H,24,25)(H,18,21,23)(H,19,20,22). The lowest BCUT2D eigenvalue weighted by atomic mass is 10.2. The Balaban J connectivity index is 1.57. The number of carbonyl (C=O) groups is 1. The Morgan fingerprint density at radius 3 is 2.52 bits per heavy atom. The minimum atomic E-state index is -1.49. The first kappa shape index (κ1) is 17.4. The lowest BCUT2D eigenvalue weighted by Crippen LogP contribution is -2.16. The number of thiol groups is 1. The average molecular weight is 400 g/mol. The number of nitrogens with zero attached hydrogens (tertiary/aromatic N) is 4. The molecule has 0 saturated carbocycles. The number of para-hydroxylation sites is 1. The summed E-state index contributed by atoms with van der Waals surface area (Å²) in [5, 5.41) is 25.8. The van der Waals surface area contributed by atoms with E-state index in [1.165, 1.54) is 6.20 Å². The van der Waals surface area contributed by atoms with Crippen LogP contribution in [0.3, 0.4) is 0 Å². The maximum atomic E-state index is 11.3. The molecule has 0 spiro atoms. The van der Waals surface area contributed by atoms with Gasteiger partial charge in [-0.1, -0.05) is 34.4 Å². The Morgan fingerprint density at radius 1 is 1.11 bits per heavy atom. The highest BCUT2D eigenvalue weighted by atomic mass is 32.2. The summed E-state index contributed by atoms with van der Waals surface area (Å²) in [6.07, 6.45) is 1.50. The van der Waals surface area contributed by atoms with Gasteiger partial charge in [0.25, 0.3) is 0 Å². The first-order chi connectivity index (χ1) is 13.0. The molecular formula is C17H16N6O2S2. The van der Waals surface area contributed by atoms with Crippen molar-refractivity contribution in [3.05, 3.63) is 47.0 Å². The molecule has 1 atom stereocenters. The predicted octanol–water partition coefficient (Wildman–Crippen LogP) is 4.38. The van der Waals surface area contributed by atoms with Crippen LogP contribution in [-0.2, 0) is 0 Å². The number of carboxylic acid groups (broad SMARTS) is 1. The van der Waals surface area contributed by atoms with Crippen LogP contribution in [0.1, 0.15) is 11.1 Å². The molecule has 3 aromatic rings. The maximum absolute atomic E-state index is 11.3. The highest BCUT2D eigenvalue weighted by Gasteiger charge is 2.22. The van der Waals surface area contributed by atoms with Crippen molar-refractivity contribution >= 4 is 59.7 Å². The Bertz CT molecular complexity index is 1070. The van der Waals surface area contributed by atoms with E-state index in [1.807, 2.05) is 38.1 Å². The van der Waals surface area contributed by atoms with E-state index in [-0.39, 0.29) is 0 Å². The smallest absolute Gasteiger partial charge is 0.354 e. The molecule has 0 fully saturated rings. The zero-order valence-electron chi connectivity index (χ0n) is 14.5. The second kappa shape index (κ2) is 6.97. The fourth-order valence-electron chi connectivity index (χ4n) is 2.53. The summed E-state index contributed by atoms with van der Waals surface area (Å²) in [6.45, 7) is 3.83. The van der Waals surface area contributed by atoms with Gasteiger partial charge in [-0.3, -0.25) is 0 Å². The second-order valence-electron chi connectivity index (χ2n) is 5.79. The summed E-state index contributed by atoms with van der Waals surface area (Å²) in [5.41, 5.74) is 2.70. The minimum absolute atomic E-state index is 0.390. The van der Waals surface area contributed by atoms with Gasteiger partial charge < -0.3 is 15.7 Å². The summed E-state index contributed by atoms with van der Waals surface area (Å²) < 4.78 is 1.09.